The summed E-state index contributed by atoms with van der Waals surface area (Å²) in [5, 5.41) is 2.12. The van der Waals surface area contributed by atoms with Crippen LogP contribution in [0.15, 0.2) is 35.7 Å². The van der Waals surface area contributed by atoms with Gasteiger partial charge in [0.1, 0.15) is 5.82 Å². The number of hydrogen-bond donors (Lipinski definition) is 0. The van der Waals surface area contributed by atoms with Crippen LogP contribution in [0.4, 0.5) is 0 Å². The van der Waals surface area contributed by atoms with Gasteiger partial charge in [0.2, 0.25) is 0 Å². The standard InChI is InChI=1S/C14H12ClIN2S/c15-9-14-17-12-8-10(16)3-4-13(12)18(14)6-5-11-2-1-7-19-11/h1-4,7-8H,5-6,9H2. The lowest BCUT2D eigenvalue weighted by atomic mass is 10.3. The molecule has 0 saturated heterocycles. The maximum Gasteiger partial charge on any atom is 0.124 e. The van der Waals surface area contributed by atoms with Gasteiger partial charge in [-0.05, 0) is 58.7 Å². The minimum absolute atomic E-state index is 0.454. The molecular formula is C14H12ClIN2S. The van der Waals surface area contributed by atoms with E-state index in [1.54, 1.807) is 11.3 Å². The Morgan fingerprint density at radius 1 is 1.32 bits per heavy atom. The molecule has 3 aromatic rings. The van der Waals surface area contributed by atoms with Crippen LogP contribution >= 0.6 is 45.5 Å². The molecule has 0 radical (unpaired) electrons. The van der Waals surface area contributed by atoms with Crippen LogP contribution in [0.5, 0.6) is 0 Å². The topological polar surface area (TPSA) is 17.8 Å². The van der Waals surface area contributed by atoms with Gasteiger partial charge in [-0.25, -0.2) is 4.98 Å². The largest absolute Gasteiger partial charge is 0.327 e. The van der Waals surface area contributed by atoms with Crippen molar-refractivity contribution in [3.63, 3.8) is 0 Å². The number of rotatable bonds is 4. The second-order valence-electron chi connectivity index (χ2n) is 4.28. The van der Waals surface area contributed by atoms with Gasteiger partial charge in [0, 0.05) is 15.0 Å². The molecule has 0 fully saturated rings. The minimum atomic E-state index is 0.454. The Hall–Kier alpha value is -0.590. The smallest absolute Gasteiger partial charge is 0.124 e. The van der Waals surface area contributed by atoms with Crippen molar-refractivity contribution in [2.24, 2.45) is 0 Å². The van der Waals surface area contributed by atoms with E-state index in [1.807, 2.05) is 0 Å². The van der Waals surface area contributed by atoms with E-state index in [4.69, 9.17) is 11.6 Å². The number of fused-ring (bicyclic) bond motifs is 1. The number of aryl methyl sites for hydroxylation is 2. The predicted octanol–water partition coefficient (Wildman–Crippen LogP) is 4.68. The van der Waals surface area contributed by atoms with Gasteiger partial charge in [-0.3, -0.25) is 0 Å². The van der Waals surface area contributed by atoms with E-state index < -0.39 is 0 Å². The molecule has 0 amide bonds. The lowest BCUT2D eigenvalue weighted by molar-refractivity contribution is 0.693. The summed E-state index contributed by atoms with van der Waals surface area (Å²) in [7, 11) is 0. The van der Waals surface area contributed by atoms with Gasteiger partial charge >= 0.3 is 0 Å². The SMILES string of the molecule is ClCc1nc2cc(I)ccc2n1CCc1cccs1. The second-order valence-corrected chi connectivity index (χ2v) is 6.82. The number of alkyl halides is 1. The fraction of sp³-hybridized carbons (Fsp3) is 0.214. The Bertz CT molecular complexity index is 691. The Labute approximate surface area is 134 Å². The third kappa shape index (κ3) is 2.80. The summed E-state index contributed by atoms with van der Waals surface area (Å²) in [6.45, 7) is 0.930. The molecule has 3 rings (SSSR count). The molecule has 0 saturated carbocycles. The molecule has 1 aromatic carbocycles. The maximum atomic E-state index is 6.02. The summed E-state index contributed by atoms with van der Waals surface area (Å²) in [6.07, 6.45) is 1.03. The molecule has 2 aromatic heterocycles. The average Bonchev–Trinajstić information content (AvgIpc) is 3.02. The van der Waals surface area contributed by atoms with E-state index in [0.717, 1.165) is 24.3 Å². The van der Waals surface area contributed by atoms with Crippen LogP contribution in [-0.4, -0.2) is 9.55 Å². The fourth-order valence-electron chi connectivity index (χ4n) is 2.18. The molecule has 0 aliphatic carbocycles. The number of benzene rings is 1. The fourth-order valence-corrected chi connectivity index (χ4v) is 3.56. The molecule has 2 heterocycles. The van der Waals surface area contributed by atoms with Crippen molar-refractivity contribution < 1.29 is 0 Å². The van der Waals surface area contributed by atoms with E-state index in [0.29, 0.717) is 5.88 Å². The van der Waals surface area contributed by atoms with Gasteiger partial charge in [-0.1, -0.05) is 6.07 Å². The molecule has 0 N–H and O–H groups in total. The number of halogens is 2. The number of nitrogens with zero attached hydrogens (tertiary/aromatic N) is 2. The van der Waals surface area contributed by atoms with E-state index in [1.165, 1.54) is 14.0 Å². The van der Waals surface area contributed by atoms with Crippen molar-refractivity contribution in [2.75, 3.05) is 0 Å². The molecule has 2 nitrogen and oxygen atoms in total. The summed E-state index contributed by atoms with van der Waals surface area (Å²) in [4.78, 5) is 6.02. The highest BCUT2D eigenvalue weighted by Gasteiger charge is 2.10. The van der Waals surface area contributed by atoms with E-state index in [2.05, 4.69) is 67.9 Å². The summed E-state index contributed by atoms with van der Waals surface area (Å²) >= 11 is 10.1. The number of thiophene rings is 1. The lowest BCUT2D eigenvalue weighted by Crippen LogP contribution is -2.04. The maximum absolute atomic E-state index is 6.02. The van der Waals surface area contributed by atoms with Gasteiger partial charge in [0.15, 0.2) is 0 Å². The van der Waals surface area contributed by atoms with Crippen molar-refractivity contribution in [3.05, 3.63) is 50.0 Å². The highest BCUT2D eigenvalue weighted by atomic mass is 127. The third-order valence-electron chi connectivity index (χ3n) is 3.07. The summed E-state index contributed by atoms with van der Waals surface area (Å²) in [6, 6.07) is 10.6. The molecule has 19 heavy (non-hydrogen) atoms. The van der Waals surface area contributed by atoms with Crippen LogP contribution in [0.2, 0.25) is 0 Å². The Morgan fingerprint density at radius 3 is 2.95 bits per heavy atom. The molecule has 98 valence electrons. The Balaban J connectivity index is 1.96. The first kappa shape index (κ1) is 13.4. The zero-order chi connectivity index (χ0) is 13.2. The third-order valence-corrected chi connectivity index (χ3v) is 4.92. The predicted molar refractivity (Wildman–Crippen MR) is 90.0 cm³/mol. The first-order valence-electron chi connectivity index (χ1n) is 6.01. The lowest BCUT2D eigenvalue weighted by Gasteiger charge is -2.06. The molecular weight excluding hydrogens is 391 g/mol. The zero-order valence-corrected chi connectivity index (χ0v) is 13.9. The Morgan fingerprint density at radius 2 is 2.21 bits per heavy atom. The Kier molecular flexibility index (Phi) is 4.10. The van der Waals surface area contributed by atoms with Crippen LogP contribution in [0, 0.1) is 3.57 Å². The zero-order valence-electron chi connectivity index (χ0n) is 10.1. The van der Waals surface area contributed by atoms with Gasteiger partial charge in [-0.2, -0.15) is 0 Å². The quantitative estimate of drug-likeness (QED) is 0.457. The molecule has 5 heteroatoms. The first-order chi connectivity index (χ1) is 9.28. The highest BCUT2D eigenvalue weighted by Crippen LogP contribution is 2.21. The van der Waals surface area contributed by atoms with Gasteiger partial charge in [-0.15, -0.1) is 22.9 Å². The summed E-state index contributed by atoms with van der Waals surface area (Å²) in [5.41, 5.74) is 2.21. The minimum Gasteiger partial charge on any atom is -0.327 e. The number of hydrogen-bond acceptors (Lipinski definition) is 2. The number of aromatic nitrogens is 2. The average molecular weight is 403 g/mol. The first-order valence-corrected chi connectivity index (χ1v) is 8.50. The van der Waals surface area contributed by atoms with Crippen molar-refractivity contribution in [2.45, 2.75) is 18.8 Å². The molecule has 0 spiro atoms. The van der Waals surface area contributed by atoms with Gasteiger partial charge in [0.05, 0.1) is 16.9 Å². The van der Waals surface area contributed by atoms with Gasteiger partial charge < -0.3 is 4.57 Å². The van der Waals surface area contributed by atoms with E-state index in [9.17, 15) is 0 Å². The van der Waals surface area contributed by atoms with Crippen LogP contribution in [-0.2, 0) is 18.8 Å². The summed E-state index contributed by atoms with van der Waals surface area (Å²) in [5.74, 6) is 1.41. The summed E-state index contributed by atoms with van der Waals surface area (Å²) < 4.78 is 3.44. The van der Waals surface area contributed by atoms with Crippen molar-refractivity contribution in [1.29, 1.82) is 0 Å². The second kappa shape index (κ2) is 5.81. The monoisotopic (exact) mass is 402 g/mol. The van der Waals surface area contributed by atoms with Crippen molar-refractivity contribution >= 4 is 56.6 Å². The van der Waals surface area contributed by atoms with E-state index in [-0.39, 0.29) is 0 Å². The molecule has 0 bridgehead atoms. The van der Waals surface area contributed by atoms with E-state index >= 15 is 0 Å². The number of imidazole rings is 1. The van der Waals surface area contributed by atoms with Crippen LogP contribution < -0.4 is 0 Å². The van der Waals surface area contributed by atoms with Gasteiger partial charge in [0.25, 0.3) is 0 Å². The van der Waals surface area contributed by atoms with Crippen LogP contribution in [0.1, 0.15) is 10.7 Å². The molecule has 0 atom stereocenters. The van der Waals surface area contributed by atoms with Crippen LogP contribution in [0.25, 0.3) is 11.0 Å². The molecule has 0 unspecified atom stereocenters. The van der Waals surface area contributed by atoms with Crippen LogP contribution in [0.3, 0.4) is 0 Å². The highest BCUT2D eigenvalue weighted by molar-refractivity contribution is 14.1. The molecule has 0 aliphatic rings. The van der Waals surface area contributed by atoms with Crippen molar-refractivity contribution in [1.82, 2.24) is 9.55 Å². The molecule has 0 aliphatic heterocycles. The van der Waals surface area contributed by atoms with Crippen molar-refractivity contribution in [3.8, 4) is 0 Å². The normalized spacial score (nSPS) is 11.3.